The second kappa shape index (κ2) is 8.20. The van der Waals surface area contributed by atoms with E-state index in [1.807, 2.05) is 24.0 Å². The van der Waals surface area contributed by atoms with Gasteiger partial charge in [-0.1, -0.05) is 6.92 Å². The minimum Gasteiger partial charge on any atom is -0.353 e. The summed E-state index contributed by atoms with van der Waals surface area (Å²) in [6.45, 7) is 4.37. The van der Waals surface area contributed by atoms with Crippen LogP contribution in [0.5, 0.6) is 0 Å². The highest BCUT2D eigenvalue weighted by molar-refractivity contribution is 5.98. The Morgan fingerprint density at radius 3 is 2.39 bits per heavy atom. The first-order chi connectivity index (χ1) is 14.8. The van der Waals surface area contributed by atoms with Gasteiger partial charge < -0.3 is 14.7 Å². The molecule has 0 bridgehead atoms. The highest BCUT2D eigenvalue weighted by Gasteiger charge is 2.31. The van der Waals surface area contributed by atoms with Gasteiger partial charge in [-0.25, -0.2) is 4.98 Å². The van der Waals surface area contributed by atoms with Crippen molar-refractivity contribution in [2.24, 2.45) is 0 Å². The fourth-order valence-corrected chi connectivity index (χ4v) is 4.05. The highest BCUT2D eigenvalue weighted by atomic mass is 19.4. The van der Waals surface area contributed by atoms with Gasteiger partial charge in [-0.3, -0.25) is 9.59 Å². The first-order valence-corrected chi connectivity index (χ1v) is 10.3. The molecule has 2 aromatic rings. The summed E-state index contributed by atoms with van der Waals surface area (Å²) in [6, 6.07) is 7.85. The summed E-state index contributed by atoms with van der Waals surface area (Å²) in [6.07, 6.45) is -2.40. The van der Waals surface area contributed by atoms with Gasteiger partial charge in [-0.2, -0.15) is 13.2 Å². The number of amides is 2. The molecule has 164 valence electrons. The molecule has 0 saturated carbocycles. The van der Waals surface area contributed by atoms with Crippen molar-refractivity contribution in [3.8, 4) is 0 Å². The molecule has 3 heterocycles. The number of anilines is 2. The molecule has 0 radical (unpaired) electrons. The van der Waals surface area contributed by atoms with Gasteiger partial charge in [0.25, 0.3) is 5.91 Å². The molecule has 0 atom stereocenters. The van der Waals surface area contributed by atoms with Crippen LogP contribution in [-0.2, 0) is 17.4 Å². The van der Waals surface area contributed by atoms with Crippen LogP contribution in [0.2, 0.25) is 0 Å². The number of piperazine rings is 1. The van der Waals surface area contributed by atoms with Gasteiger partial charge in [0.05, 0.1) is 5.56 Å². The number of benzene rings is 1. The Kier molecular flexibility index (Phi) is 5.60. The summed E-state index contributed by atoms with van der Waals surface area (Å²) in [5.41, 5.74) is 1.69. The van der Waals surface area contributed by atoms with Crippen LogP contribution in [0.3, 0.4) is 0 Å². The molecule has 1 fully saturated rings. The van der Waals surface area contributed by atoms with E-state index >= 15 is 0 Å². The van der Waals surface area contributed by atoms with Crippen LogP contribution >= 0.6 is 0 Å². The van der Waals surface area contributed by atoms with Gasteiger partial charge in [0, 0.05) is 56.6 Å². The van der Waals surface area contributed by atoms with E-state index in [0.29, 0.717) is 50.5 Å². The Labute approximate surface area is 178 Å². The first-order valence-electron chi connectivity index (χ1n) is 10.3. The number of halogens is 3. The molecule has 2 aliphatic heterocycles. The van der Waals surface area contributed by atoms with E-state index in [9.17, 15) is 22.8 Å². The molecule has 1 aromatic carbocycles. The number of hydrogen-bond acceptors (Lipinski definition) is 4. The third-order valence-corrected chi connectivity index (χ3v) is 5.79. The number of carbonyl (C=O) groups excluding carboxylic acids is 2. The van der Waals surface area contributed by atoms with Crippen molar-refractivity contribution in [3.05, 3.63) is 53.2 Å². The Balaban J connectivity index is 1.39. The summed E-state index contributed by atoms with van der Waals surface area (Å²) < 4.78 is 38.1. The number of aromatic nitrogens is 1. The topological polar surface area (TPSA) is 56.8 Å². The Bertz CT molecular complexity index is 983. The maximum atomic E-state index is 13.0. The molecule has 2 aliphatic rings. The minimum atomic E-state index is -4.41. The summed E-state index contributed by atoms with van der Waals surface area (Å²) in [7, 11) is 0. The Hall–Kier alpha value is -3.10. The maximum Gasteiger partial charge on any atom is 0.417 e. The molecule has 1 saturated heterocycles. The van der Waals surface area contributed by atoms with Gasteiger partial charge in [0.1, 0.15) is 5.82 Å². The SMILES string of the molecule is CCC(=O)N1CCc2cc(C(=O)N3CCN(c4ccc(C(F)(F)F)cn4)CC3)ccc21. The van der Waals surface area contributed by atoms with Gasteiger partial charge >= 0.3 is 6.18 Å². The van der Waals surface area contributed by atoms with Crippen LogP contribution in [0.1, 0.15) is 34.8 Å². The molecule has 9 heteroatoms. The fourth-order valence-electron chi connectivity index (χ4n) is 4.05. The molecular formula is C22H23F3N4O2. The zero-order valence-electron chi connectivity index (χ0n) is 17.2. The lowest BCUT2D eigenvalue weighted by atomic mass is 10.1. The van der Waals surface area contributed by atoms with Crippen LogP contribution in [0.4, 0.5) is 24.7 Å². The zero-order chi connectivity index (χ0) is 22.2. The van der Waals surface area contributed by atoms with E-state index in [2.05, 4.69) is 4.98 Å². The van der Waals surface area contributed by atoms with Crippen molar-refractivity contribution in [1.29, 1.82) is 0 Å². The largest absolute Gasteiger partial charge is 0.417 e. The lowest BCUT2D eigenvalue weighted by Crippen LogP contribution is -2.49. The number of carbonyl (C=O) groups is 2. The average Bonchev–Trinajstić information content (AvgIpc) is 3.21. The molecular weight excluding hydrogens is 409 g/mol. The van der Waals surface area contributed by atoms with Crippen molar-refractivity contribution in [2.45, 2.75) is 25.9 Å². The van der Waals surface area contributed by atoms with Gasteiger partial charge in [0.2, 0.25) is 5.91 Å². The third kappa shape index (κ3) is 4.22. The Morgan fingerprint density at radius 2 is 1.77 bits per heavy atom. The summed E-state index contributed by atoms with van der Waals surface area (Å²) in [5.74, 6) is 0.465. The van der Waals surface area contributed by atoms with Crippen molar-refractivity contribution >= 4 is 23.3 Å². The summed E-state index contributed by atoms with van der Waals surface area (Å²) >= 11 is 0. The first kappa shape index (κ1) is 21.1. The fraction of sp³-hybridized carbons (Fsp3) is 0.409. The van der Waals surface area contributed by atoms with E-state index in [4.69, 9.17) is 0 Å². The van der Waals surface area contributed by atoms with E-state index in [1.54, 1.807) is 15.9 Å². The molecule has 0 unspecified atom stereocenters. The number of fused-ring (bicyclic) bond motifs is 1. The molecule has 0 spiro atoms. The van der Waals surface area contributed by atoms with Crippen LogP contribution in [-0.4, -0.2) is 54.4 Å². The monoisotopic (exact) mass is 432 g/mol. The van der Waals surface area contributed by atoms with Crippen LogP contribution in [0, 0.1) is 0 Å². The molecule has 4 rings (SSSR count). The molecule has 2 amide bonds. The predicted molar refractivity (Wildman–Crippen MR) is 110 cm³/mol. The molecule has 31 heavy (non-hydrogen) atoms. The zero-order valence-corrected chi connectivity index (χ0v) is 17.2. The average molecular weight is 432 g/mol. The number of nitrogens with zero attached hydrogens (tertiary/aromatic N) is 4. The van der Waals surface area contributed by atoms with Gasteiger partial charge in [-0.05, 0) is 42.3 Å². The van der Waals surface area contributed by atoms with Crippen molar-refractivity contribution in [2.75, 3.05) is 42.5 Å². The molecule has 1 aromatic heterocycles. The van der Waals surface area contributed by atoms with Gasteiger partial charge in [-0.15, -0.1) is 0 Å². The summed E-state index contributed by atoms with van der Waals surface area (Å²) in [4.78, 5) is 34.3. The molecule has 0 aliphatic carbocycles. The highest BCUT2D eigenvalue weighted by Crippen LogP contribution is 2.31. The van der Waals surface area contributed by atoms with Crippen LogP contribution < -0.4 is 9.80 Å². The predicted octanol–water partition coefficient (Wildman–Crippen LogP) is 3.36. The lowest BCUT2D eigenvalue weighted by Gasteiger charge is -2.35. The van der Waals surface area contributed by atoms with Crippen LogP contribution in [0.25, 0.3) is 0 Å². The number of rotatable bonds is 3. The standard InChI is InChI=1S/C22H23F3N4O2/c1-2-20(30)29-8-7-15-13-16(3-5-18(15)29)21(31)28-11-9-27(10-12-28)19-6-4-17(14-26-19)22(23,24)25/h3-6,13-14H,2,7-12H2,1H3. The second-order valence-corrected chi connectivity index (χ2v) is 7.67. The van der Waals surface area contributed by atoms with Gasteiger partial charge in [0.15, 0.2) is 0 Å². The van der Waals surface area contributed by atoms with Crippen molar-refractivity contribution in [1.82, 2.24) is 9.88 Å². The van der Waals surface area contributed by atoms with Crippen molar-refractivity contribution < 1.29 is 22.8 Å². The number of hydrogen-bond donors (Lipinski definition) is 0. The maximum absolute atomic E-state index is 13.0. The van der Waals surface area contributed by atoms with E-state index in [1.165, 1.54) is 6.07 Å². The second-order valence-electron chi connectivity index (χ2n) is 7.67. The summed E-state index contributed by atoms with van der Waals surface area (Å²) in [5, 5.41) is 0. The van der Waals surface area contributed by atoms with E-state index < -0.39 is 11.7 Å². The van der Waals surface area contributed by atoms with Crippen molar-refractivity contribution in [3.63, 3.8) is 0 Å². The van der Waals surface area contributed by atoms with E-state index in [-0.39, 0.29) is 11.8 Å². The quantitative estimate of drug-likeness (QED) is 0.747. The Morgan fingerprint density at radius 1 is 1.03 bits per heavy atom. The normalized spacial score (nSPS) is 16.5. The molecule has 6 nitrogen and oxygen atoms in total. The number of alkyl halides is 3. The third-order valence-electron chi connectivity index (χ3n) is 5.79. The smallest absolute Gasteiger partial charge is 0.353 e. The van der Waals surface area contributed by atoms with Crippen LogP contribution in [0.15, 0.2) is 36.5 Å². The molecule has 0 N–H and O–H groups in total. The lowest BCUT2D eigenvalue weighted by molar-refractivity contribution is -0.137. The minimum absolute atomic E-state index is 0.0748. The number of pyridine rings is 1. The van der Waals surface area contributed by atoms with E-state index in [0.717, 1.165) is 29.9 Å².